The maximum Gasteiger partial charge on any atom is 0.270 e. The lowest BCUT2D eigenvalue weighted by Gasteiger charge is -2.11. The van der Waals surface area contributed by atoms with Crippen molar-refractivity contribution in [3.63, 3.8) is 0 Å². The number of rotatable bonds is 1. The predicted octanol–water partition coefficient (Wildman–Crippen LogP) is 5.55. The minimum Gasteiger partial charge on any atom is -0.351 e. The monoisotopic (exact) mass is 326 g/mol. The molecule has 120 valence electrons. The standard InChI is InChI=1S/C21H14N2O2/c1-22-11-10-18-20(22)9-8-17-15-5-3-2-4-14(15)16-7-6-13(23(24)25)12-19(16)21(17)18/h2-12H,1H3. The lowest BCUT2D eigenvalue weighted by atomic mass is 9.92. The number of nitro groups is 1. The van der Waals surface area contributed by atoms with Crippen LogP contribution in [0.15, 0.2) is 66.9 Å². The number of hydrogen-bond donors (Lipinski definition) is 0. The first-order valence-electron chi connectivity index (χ1n) is 8.12. The van der Waals surface area contributed by atoms with Gasteiger partial charge >= 0.3 is 0 Å². The molecule has 5 rings (SSSR count). The van der Waals surface area contributed by atoms with Gasteiger partial charge in [0.15, 0.2) is 0 Å². The summed E-state index contributed by atoms with van der Waals surface area (Å²) in [5.41, 5.74) is 1.24. The summed E-state index contributed by atoms with van der Waals surface area (Å²) >= 11 is 0. The van der Waals surface area contributed by atoms with Crippen molar-refractivity contribution >= 4 is 48.9 Å². The minimum absolute atomic E-state index is 0.122. The molecule has 4 nitrogen and oxygen atoms in total. The SMILES string of the molecule is Cn1ccc2c3c(ccc21)c1ccccc1c1ccc([N+](=O)[O-])cc13. The van der Waals surface area contributed by atoms with E-state index in [9.17, 15) is 10.1 Å². The molecule has 0 amide bonds. The third-order valence-electron chi connectivity index (χ3n) is 5.06. The summed E-state index contributed by atoms with van der Waals surface area (Å²) in [6.45, 7) is 0. The van der Waals surface area contributed by atoms with E-state index in [-0.39, 0.29) is 10.6 Å². The lowest BCUT2D eigenvalue weighted by molar-refractivity contribution is -0.384. The van der Waals surface area contributed by atoms with Gasteiger partial charge in [0.25, 0.3) is 5.69 Å². The van der Waals surface area contributed by atoms with Gasteiger partial charge < -0.3 is 4.57 Å². The van der Waals surface area contributed by atoms with Crippen molar-refractivity contribution in [1.82, 2.24) is 4.57 Å². The average Bonchev–Trinajstić information content (AvgIpc) is 3.02. The fourth-order valence-electron chi connectivity index (χ4n) is 3.91. The molecule has 0 aliphatic heterocycles. The van der Waals surface area contributed by atoms with Gasteiger partial charge in [-0.15, -0.1) is 0 Å². The normalized spacial score (nSPS) is 11.7. The fraction of sp³-hybridized carbons (Fsp3) is 0.0476. The van der Waals surface area contributed by atoms with Gasteiger partial charge in [0.05, 0.1) is 4.92 Å². The van der Waals surface area contributed by atoms with Crippen LogP contribution in [0.4, 0.5) is 5.69 Å². The highest BCUT2D eigenvalue weighted by Gasteiger charge is 2.15. The van der Waals surface area contributed by atoms with Crippen molar-refractivity contribution < 1.29 is 4.92 Å². The van der Waals surface area contributed by atoms with Crippen molar-refractivity contribution in [2.24, 2.45) is 7.05 Å². The van der Waals surface area contributed by atoms with Gasteiger partial charge in [0.1, 0.15) is 0 Å². The van der Waals surface area contributed by atoms with Crippen LogP contribution in [0.1, 0.15) is 0 Å². The number of nitro benzene ring substituents is 1. The van der Waals surface area contributed by atoms with E-state index in [1.165, 1.54) is 5.39 Å². The number of aromatic nitrogens is 1. The van der Waals surface area contributed by atoms with Crippen LogP contribution in [-0.4, -0.2) is 9.49 Å². The molecule has 25 heavy (non-hydrogen) atoms. The Hall–Kier alpha value is -3.40. The second kappa shape index (κ2) is 4.80. The van der Waals surface area contributed by atoms with Gasteiger partial charge in [-0.05, 0) is 50.5 Å². The summed E-state index contributed by atoms with van der Waals surface area (Å²) in [5, 5.41) is 18.9. The predicted molar refractivity (Wildman–Crippen MR) is 102 cm³/mol. The van der Waals surface area contributed by atoms with E-state index in [1.54, 1.807) is 12.1 Å². The molecule has 1 heterocycles. The van der Waals surface area contributed by atoms with E-state index in [0.717, 1.165) is 37.8 Å². The van der Waals surface area contributed by atoms with E-state index >= 15 is 0 Å². The molecule has 0 atom stereocenters. The molecule has 0 radical (unpaired) electrons. The van der Waals surface area contributed by atoms with Crippen molar-refractivity contribution in [2.75, 3.05) is 0 Å². The van der Waals surface area contributed by atoms with E-state index in [2.05, 4.69) is 34.9 Å². The molecule has 0 saturated carbocycles. The van der Waals surface area contributed by atoms with E-state index < -0.39 is 0 Å². The van der Waals surface area contributed by atoms with E-state index in [4.69, 9.17) is 0 Å². The van der Waals surface area contributed by atoms with Gasteiger partial charge in [-0.2, -0.15) is 0 Å². The third kappa shape index (κ3) is 1.82. The zero-order valence-electron chi connectivity index (χ0n) is 13.6. The van der Waals surface area contributed by atoms with Crippen LogP contribution in [0.3, 0.4) is 0 Å². The highest BCUT2D eigenvalue weighted by atomic mass is 16.6. The maximum atomic E-state index is 11.3. The molecule has 0 aliphatic carbocycles. The Bertz CT molecular complexity index is 1330. The van der Waals surface area contributed by atoms with Crippen LogP contribution in [-0.2, 0) is 7.05 Å². The molecule has 0 bridgehead atoms. The van der Waals surface area contributed by atoms with E-state index in [1.807, 2.05) is 31.4 Å². The quantitative estimate of drug-likeness (QED) is 0.230. The van der Waals surface area contributed by atoms with Gasteiger partial charge in [0.2, 0.25) is 0 Å². The van der Waals surface area contributed by atoms with Crippen LogP contribution >= 0.6 is 0 Å². The molecular weight excluding hydrogens is 312 g/mol. The molecule has 1 aromatic heterocycles. The third-order valence-corrected chi connectivity index (χ3v) is 5.06. The summed E-state index contributed by atoms with van der Waals surface area (Å²) in [7, 11) is 2.01. The second-order valence-electron chi connectivity index (χ2n) is 6.38. The topological polar surface area (TPSA) is 48.1 Å². The van der Waals surface area contributed by atoms with Crippen LogP contribution in [0.5, 0.6) is 0 Å². The van der Waals surface area contributed by atoms with Crippen molar-refractivity contribution in [1.29, 1.82) is 0 Å². The highest BCUT2D eigenvalue weighted by Crippen LogP contribution is 2.40. The van der Waals surface area contributed by atoms with Crippen LogP contribution in [0.25, 0.3) is 43.2 Å². The zero-order valence-corrected chi connectivity index (χ0v) is 13.6. The number of benzene rings is 4. The smallest absolute Gasteiger partial charge is 0.270 e. The molecule has 0 aliphatic rings. The largest absolute Gasteiger partial charge is 0.351 e. The van der Waals surface area contributed by atoms with Crippen LogP contribution in [0.2, 0.25) is 0 Å². The molecule has 0 N–H and O–H groups in total. The highest BCUT2D eigenvalue weighted by molar-refractivity contribution is 6.31. The Morgan fingerprint density at radius 2 is 1.48 bits per heavy atom. The van der Waals surface area contributed by atoms with Crippen molar-refractivity contribution in [3.05, 3.63) is 77.0 Å². The van der Waals surface area contributed by atoms with E-state index in [0.29, 0.717) is 0 Å². The average molecular weight is 326 g/mol. The minimum atomic E-state index is -0.328. The number of aryl methyl sites for hydroxylation is 1. The number of nitrogens with zero attached hydrogens (tertiary/aromatic N) is 2. The number of fused-ring (bicyclic) bond motifs is 8. The lowest BCUT2D eigenvalue weighted by Crippen LogP contribution is -1.90. The first-order valence-corrected chi connectivity index (χ1v) is 8.12. The molecule has 0 unspecified atom stereocenters. The van der Waals surface area contributed by atoms with Gasteiger partial charge in [0, 0.05) is 36.3 Å². The Kier molecular flexibility index (Phi) is 2.69. The Balaban J connectivity index is 2.16. The molecule has 0 fully saturated rings. The second-order valence-corrected chi connectivity index (χ2v) is 6.38. The zero-order chi connectivity index (χ0) is 17.1. The van der Waals surface area contributed by atoms with Crippen molar-refractivity contribution in [2.45, 2.75) is 0 Å². The molecule has 5 aromatic rings. The first-order chi connectivity index (χ1) is 12.1. The maximum absolute atomic E-state index is 11.3. The van der Waals surface area contributed by atoms with Crippen LogP contribution in [0, 0.1) is 10.1 Å². The van der Waals surface area contributed by atoms with Gasteiger partial charge in [-0.3, -0.25) is 10.1 Å². The molecule has 4 aromatic carbocycles. The molecular formula is C21H14N2O2. The van der Waals surface area contributed by atoms with Gasteiger partial charge in [-0.25, -0.2) is 0 Å². The number of non-ortho nitro benzene ring substituents is 1. The van der Waals surface area contributed by atoms with Crippen molar-refractivity contribution in [3.8, 4) is 0 Å². The summed E-state index contributed by atoms with van der Waals surface area (Å²) in [4.78, 5) is 11.0. The van der Waals surface area contributed by atoms with Crippen LogP contribution < -0.4 is 0 Å². The Morgan fingerprint density at radius 1 is 0.800 bits per heavy atom. The van der Waals surface area contributed by atoms with Gasteiger partial charge in [-0.1, -0.05) is 30.3 Å². The summed E-state index contributed by atoms with van der Waals surface area (Å²) in [6.07, 6.45) is 2.03. The first kappa shape index (κ1) is 14.0. The molecule has 4 heteroatoms. The summed E-state index contributed by atoms with van der Waals surface area (Å²) in [5.74, 6) is 0. The number of hydrogen-bond acceptors (Lipinski definition) is 2. The Labute approximate surface area is 143 Å². The molecule has 0 spiro atoms. The fourth-order valence-corrected chi connectivity index (χ4v) is 3.91. The molecule has 0 saturated heterocycles. The Morgan fingerprint density at radius 3 is 2.24 bits per heavy atom. The summed E-state index contributed by atoms with van der Waals surface area (Å²) in [6, 6.07) is 19.7. The summed E-state index contributed by atoms with van der Waals surface area (Å²) < 4.78 is 2.08.